The molecule has 0 aromatic heterocycles. The first-order valence-corrected chi connectivity index (χ1v) is 9.89. The van der Waals surface area contributed by atoms with E-state index in [4.69, 9.17) is 23.7 Å². The fourth-order valence-electron chi connectivity index (χ4n) is 4.23. The predicted octanol–water partition coefficient (Wildman–Crippen LogP) is 1.20. The van der Waals surface area contributed by atoms with E-state index in [0.717, 1.165) is 0 Å². The molecule has 170 valence electrons. The van der Waals surface area contributed by atoms with Gasteiger partial charge in [0.15, 0.2) is 0 Å². The van der Waals surface area contributed by atoms with Crippen LogP contribution < -0.4 is 0 Å². The molecule has 0 aromatic rings. The Labute approximate surface area is 179 Å². The summed E-state index contributed by atoms with van der Waals surface area (Å²) in [5.74, 6) is -4.31. The molecule has 0 radical (unpaired) electrons. The second kappa shape index (κ2) is 7.76. The molecule has 3 aliphatic heterocycles. The van der Waals surface area contributed by atoms with E-state index in [9.17, 15) is 24.3 Å². The lowest BCUT2D eigenvalue weighted by Crippen LogP contribution is -2.57. The van der Waals surface area contributed by atoms with Crippen LogP contribution in [0.1, 0.15) is 53.9 Å². The van der Waals surface area contributed by atoms with E-state index in [-0.39, 0.29) is 29.7 Å². The Morgan fingerprint density at radius 3 is 2.39 bits per heavy atom. The largest absolute Gasteiger partial charge is 0.461 e. The van der Waals surface area contributed by atoms with Crippen LogP contribution in [-0.4, -0.2) is 58.7 Å². The fraction of sp³-hybridized carbons (Fsp3) is 0.619. The summed E-state index contributed by atoms with van der Waals surface area (Å²) in [6.07, 6.45) is 0.615. The molecule has 1 N–H and O–H groups in total. The lowest BCUT2D eigenvalue weighted by atomic mass is 9.82. The van der Waals surface area contributed by atoms with Crippen molar-refractivity contribution in [2.75, 3.05) is 6.61 Å². The number of fused-ring (bicyclic) bond motifs is 3. The van der Waals surface area contributed by atoms with Crippen LogP contribution in [0.25, 0.3) is 0 Å². The smallest absolute Gasteiger partial charge is 0.343 e. The maximum atomic E-state index is 12.5. The average molecular weight is 438 g/mol. The van der Waals surface area contributed by atoms with Gasteiger partial charge in [0.25, 0.3) is 0 Å². The number of ether oxygens (including phenoxy) is 5. The highest BCUT2D eigenvalue weighted by Crippen LogP contribution is 2.51. The molecule has 3 aliphatic rings. The highest BCUT2D eigenvalue weighted by molar-refractivity contribution is 5.95. The summed E-state index contributed by atoms with van der Waals surface area (Å²) in [7, 11) is 0. The Kier molecular flexibility index (Phi) is 5.74. The van der Waals surface area contributed by atoms with E-state index >= 15 is 0 Å². The summed E-state index contributed by atoms with van der Waals surface area (Å²) >= 11 is 0. The molecule has 0 saturated carbocycles. The molecule has 0 aromatic carbocycles. The minimum Gasteiger partial charge on any atom is -0.461 e. The van der Waals surface area contributed by atoms with Crippen molar-refractivity contribution in [2.45, 2.75) is 77.0 Å². The van der Waals surface area contributed by atoms with E-state index in [2.05, 4.69) is 0 Å². The molecule has 31 heavy (non-hydrogen) atoms. The molecular formula is C21H26O10. The maximum Gasteiger partial charge on any atom is 0.343 e. The molecule has 3 rings (SSSR count). The van der Waals surface area contributed by atoms with Gasteiger partial charge in [-0.25, -0.2) is 4.79 Å². The topological polar surface area (TPSA) is 135 Å². The van der Waals surface area contributed by atoms with Crippen LogP contribution in [0, 0.1) is 0 Å². The monoisotopic (exact) mass is 438 g/mol. The normalized spacial score (nSPS) is 36.3. The van der Waals surface area contributed by atoms with Crippen LogP contribution in [-0.2, 0) is 42.9 Å². The SMILES string of the molecule is CC(=O)OCC1=C2/C(=C\[C@@]3(C)CC[C@](OC(C)=O)(O3)[C@](C)(O)C[C@@H]2OC(C)=O)OC1=O. The molecule has 1 fully saturated rings. The molecule has 0 aliphatic carbocycles. The first kappa shape index (κ1) is 23.0. The summed E-state index contributed by atoms with van der Waals surface area (Å²) in [5, 5.41) is 11.4. The molecule has 0 unspecified atom stereocenters. The second-order valence-corrected chi connectivity index (χ2v) is 8.41. The van der Waals surface area contributed by atoms with E-state index < -0.39 is 53.6 Å². The van der Waals surface area contributed by atoms with Gasteiger partial charge in [0.1, 0.15) is 24.1 Å². The van der Waals surface area contributed by atoms with E-state index in [1.807, 2.05) is 0 Å². The number of hydrogen-bond donors (Lipinski definition) is 1. The third-order valence-electron chi connectivity index (χ3n) is 5.59. The summed E-state index contributed by atoms with van der Waals surface area (Å²) in [4.78, 5) is 47.5. The number of aliphatic hydroxyl groups is 1. The summed E-state index contributed by atoms with van der Waals surface area (Å²) in [5.41, 5.74) is -2.71. The van der Waals surface area contributed by atoms with Crippen LogP contribution in [0.2, 0.25) is 0 Å². The van der Waals surface area contributed by atoms with Gasteiger partial charge >= 0.3 is 23.9 Å². The van der Waals surface area contributed by atoms with Gasteiger partial charge in [0.2, 0.25) is 5.79 Å². The van der Waals surface area contributed by atoms with Gasteiger partial charge < -0.3 is 28.8 Å². The molecular weight excluding hydrogens is 412 g/mol. The van der Waals surface area contributed by atoms with Gasteiger partial charge in [-0.2, -0.15) is 0 Å². The fourth-order valence-corrected chi connectivity index (χ4v) is 4.23. The highest BCUT2D eigenvalue weighted by atomic mass is 16.7. The third kappa shape index (κ3) is 4.35. The van der Waals surface area contributed by atoms with Crippen LogP contribution in [0.3, 0.4) is 0 Å². The van der Waals surface area contributed by atoms with Gasteiger partial charge in [-0.1, -0.05) is 0 Å². The van der Waals surface area contributed by atoms with Gasteiger partial charge in [-0.15, -0.1) is 0 Å². The Morgan fingerprint density at radius 1 is 1.13 bits per heavy atom. The van der Waals surface area contributed by atoms with Crippen molar-refractivity contribution in [1.29, 1.82) is 0 Å². The van der Waals surface area contributed by atoms with Crippen LogP contribution in [0.15, 0.2) is 23.0 Å². The molecule has 0 amide bonds. The Bertz CT molecular complexity index is 898. The van der Waals surface area contributed by atoms with Crippen molar-refractivity contribution in [3.63, 3.8) is 0 Å². The zero-order valence-corrected chi connectivity index (χ0v) is 18.1. The minimum absolute atomic E-state index is 0.00795. The number of carbonyl (C=O) groups excluding carboxylic acids is 4. The molecule has 4 atom stereocenters. The highest BCUT2D eigenvalue weighted by Gasteiger charge is 2.61. The molecule has 10 heteroatoms. The summed E-state index contributed by atoms with van der Waals surface area (Å²) in [6.45, 7) is 6.29. The first-order chi connectivity index (χ1) is 14.3. The molecule has 2 bridgehead atoms. The number of rotatable bonds is 4. The van der Waals surface area contributed by atoms with E-state index in [1.165, 1.54) is 33.8 Å². The van der Waals surface area contributed by atoms with Crippen molar-refractivity contribution in [2.24, 2.45) is 0 Å². The van der Waals surface area contributed by atoms with Crippen molar-refractivity contribution < 1.29 is 48.0 Å². The van der Waals surface area contributed by atoms with Gasteiger partial charge in [-0.05, 0) is 26.3 Å². The Morgan fingerprint density at radius 2 is 1.81 bits per heavy atom. The van der Waals surface area contributed by atoms with Crippen molar-refractivity contribution >= 4 is 23.9 Å². The van der Waals surface area contributed by atoms with Gasteiger partial charge in [-0.3, -0.25) is 14.4 Å². The molecule has 10 nitrogen and oxygen atoms in total. The van der Waals surface area contributed by atoms with Gasteiger partial charge in [0.05, 0.1) is 11.2 Å². The molecule has 3 heterocycles. The summed E-state index contributed by atoms with van der Waals surface area (Å²) in [6, 6.07) is 0. The molecule has 0 spiro atoms. The first-order valence-electron chi connectivity index (χ1n) is 9.89. The predicted molar refractivity (Wildman–Crippen MR) is 102 cm³/mol. The number of carbonyl (C=O) groups is 4. The van der Waals surface area contributed by atoms with Crippen LogP contribution in [0.4, 0.5) is 0 Å². The lowest BCUT2D eigenvalue weighted by Gasteiger charge is -2.42. The summed E-state index contributed by atoms with van der Waals surface area (Å²) < 4.78 is 27.4. The third-order valence-corrected chi connectivity index (χ3v) is 5.59. The lowest BCUT2D eigenvalue weighted by molar-refractivity contribution is -0.305. The van der Waals surface area contributed by atoms with Crippen molar-refractivity contribution in [1.82, 2.24) is 0 Å². The van der Waals surface area contributed by atoms with Gasteiger partial charge in [0, 0.05) is 39.2 Å². The zero-order chi connectivity index (χ0) is 23.2. The quantitative estimate of drug-likeness (QED) is 0.504. The van der Waals surface area contributed by atoms with E-state index in [0.29, 0.717) is 6.42 Å². The Balaban J connectivity index is 2.18. The molecule has 1 saturated heterocycles. The minimum atomic E-state index is -1.81. The van der Waals surface area contributed by atoms with Crippen molar-refractivity contribution in [3.05, 3.63) is 23.0 Å². The van der Waals surface area contributed by atoms with Crippen molar-refractivity contribution in [3.8, 4) is 0 Å². The number of hydrogen-bond acceptors (Lipinski definition) is 10. The second-order valence-electron chi connectivity index (χ2n) is 8.41. The van der Waals surface area contributed by atoms with Crippen LogP contribution >= 0.6 is 0 Å². The average Bonchev–Trinajstić information content (AvgIpc) is 3.09. The zero-order valence-electron chi connectivity index (χ0n) is 18.1. The van der Waals surface area contributed by atoms with Crippen LogP contribution in [0.5, 0.6) is 0 Å². The van der Waals surface area contributed by atoms with E-state index in [1.54, 1.807) is 6.92 Å². The standard InChI is InChI=1S/C21H26O10/c1-11(22)27-10-14-17-15(29-18(14)25)8-19(4)6-7-21(31-19,30-13(3)24)20(5,26)9-16(17)28-12(2)23/h8,16,26H,6-7,9-10H2,1-5H3/b15-8+/t16-,19+,20+,21-/m0/s1. The maximum absolute atomic E-state index is 12.5. The Hall–Kier alpha value is -2.72. The number of esters is 4.